The van der Waals surface area contributed by atoms with E-state index in [1.54, 1.807) is 0 Å². The molecule has 1 aromatic heterocycles. The fraction of sp³-hybridized carbons (Fsp3) is 0.273. The molecule has 0 aliphatic heterocycles. The average Bonchev–Trinajstić information content (AvgIpc) is 3.02. The number of hydrogen-bond acceptors (Lipinski definition) is 4. The summed E-state index contributed by atoms with van der Waals surface area (Å²) in [5.74, 6) is -0.890. The number of carbonyl (C=O) groups excluding carboxylic acids is 1. The Balaban J connectivity index is 2.27. The first-order chi connectivity index (χ1) is 13.6. The van der Waals surface area contributed by atoms with Crippen LogP contribution in [0, 0.1) is 4.91 Å². The van der Waals surface area contributed by atoms with Crippen LogP contribution in [0.5, 0.6) is 0 Å². The molecule has 3 rings (SSSR count). The van der Waals surface area contributed by atoms with Gasteiger partial charge in [-0.3, -0.25) is 4.79 Å². The van der Waals surface area contributed by atoms with Gasteiger partial charge >= 0.3 is 5.97 Å². The largest absolute Gasteiger partial charge is 0.481 e. The molecule has 0 bridgehead atoms. The van der Waals surface area contributed by atoms with Crippen LogP contribution < -0.4 is 0 Å². The van der Waals surface area contributed by atoms with Gasteiger partial charge in [0.25, 0.3) is 0 Å². The lowest BCUT2D eigenvalue weighted by Gasteiger charge is -2.11. The molecule has 3 aromatic rings. The van der Waals surface area contributed by atoms with Crippen LogP contribution in [0.4, 0.5) is 0 Å². The molecule has 0 saturated heterocycles. The number of rotatable bonds is 9. The van der Waals surface area contributed by atoms with Crippen LogP contribution in [0.1, 0.15) is 41.8 Å². The number of carboxylic acids is 1. The number of aromatic nitrogens is 1. The number of carboxylic acid groups (broad SMARTS) is 1. The highest BCUT2D eigenvalue weighted by Crippen LogP contribution is 2.36. The minimum Gasteiger partial charge on any atom is -0.481 e. The number of carbonyl (C=O) groups is 2. The molecule has 1 N–H and O–H groups in total. The summed E-state index contributed by atoms with van der Waals surface area (Å²) in [5.41, 5.74) is 4.26. The third-order valence-electron chi connectivity index (χ3n) is 4.99. The Kier molecular flexibility index (Phi) is 5.99. The van der Waals surface area contributed by atoms with Crippen molar-refractivity contribution in [3.8, 4) is 0 Å². The van der Waals surface area contributed by atoms with Crippen LogP contribution in [0.25, 0.3) is 10.9 Å². The molecule has 6 heteroatoms. The number of aryl methyl sites for hydroxylation is 1. The molecular formula is C22H22N2O4. The average molecular weight is 378 g/mol. The predicted molar refractivity (Wildman–Crippen MR) is 107 cm³/mol. The summed E-state index contributed by atoms with van der Waals surface area (Å²) in [6, 6.07) is 14.5. The van der Waals surface area contributed by atoms with Crippen molar-refractivity contribution in [2.24, 2.45) is 5.18 Å². The lowest BCUT2D eigenvalue weighted by molar-refractivity contribution is -0.136. The smallest absolute Gasteiger partial charge is 0.303 e. The van der Waals surface area contributed by atoms with Gasteiger partial charge in [0.15, 0.2) is 12.3 Å². The predicted octanol–water partition coefficient (Wildman–Crippen LogP) is 4.28. The summed E-state index contributed by atoms with van der Waals surface area (Å²) in [4.78, 5) is 34.1. The maximum atomic E-state index is 11.6. The molecule has 0 amide bonds. The van der Waals surface area contributed by atoms with E-state index >= 15 is 0 Å². The van der Waals surface area contributed by atoms with Gasteiger partial charge in [-0.15, -0.1) is 4.91 Å². The third kappa shape index (κ3) is 3.71. The number of hydrogen-bond donors (Lipinski definition) is 1. The van der Waals surface area contributed by atoms with Crippen LogP contribution in [-0.4, -0.2) is 21.9 Å². The highest BCUT2D eigenvalue weighted by Gasteiger charge is 2.25. The second-order valence-corrected chi connectivity index (χ2v) is 6.68. The lowest BCUT2D eigenvalue weighted by Crippen LogP contribution is -2.07. The van der Waals surface area contributed by atoms with Crippen LogP contribution in [-0.2, 0) is 29.0 Å². The Hall–Kier alpha value is -3.28. The molecule has 2 aromatic carbocycles. The van der Waals surface area contributed by atoms with E-state index < -0.39 is 12.0 Å². The third-order valence-corrected chi connectivity index (χ3v) is 4.99. The molecule has 1 heterocycles. The Labute approximate surface area is 162 Å². The maximum absolute atomic E-state index is 11.6. The Bertz CT molecular complexity index is 1000. The van der Waals surface area contributed by atoms with E-state index in [-0.39, 0.29) is 6.42 Å². The van der Waals surface area contributed by atoms with Crippen LogP contribution in [0.3, 0.4) is 0 Å². The van der Waals surface area contributed by atoms with Gasteiger partial charge in [0.05, 0.1) is 0 Å². The van der Waals surface area contributed by atoms with Crippen LogP contribution in [0.15, 0.2) is 53.7 Å². The van der Waals surface area contributed by atoms with Gasteiger partial charge in [-0.25, -0.2) is 0 Å². The summed E-state index contributed by atoms with van der Waals surface area (Å²) in [7, 11) is 0. The first-order valence-corrected chi connectivity index (χ1v) is 9.27. The van der Waals surface area contributed by atoms with Crippen molar-refractivity contribution >= 4 is 23.2 Å². The van der Waals surface area contributed by atoms with Crippen LogP contribution >= 0.6 is 0 Å². The van der Waals surface area contributed by atoms with Gasteiger partial charge in [-0.1, -0.05) is 54.6 Å². The van der Waals surface area contributed by atoms with E-state index in [4.69, 9.17) is 5.11 Å². The van der Waals surface area contributed by atoms with E-state index in [0.717, 1.165) is 27.7 Å². The van der Waals surface area contributed by atoms with Gasteiger partial charge in [0, 0.05) is 35.1 Å². The summed E-state index contributed by atoms with van der Waals surface area (Å²) in [6.07, 6.45) is 1.48. The topological polar surface area (TPSA) is 88.7 Å². The molecule has 0 saturated carbocycles. The fourth-order valence-electron chi connectivity index (χ4n) is 3.80. The molecule has 6 nitrogen and oxygen atoms in total. The van der Waals surface area contributed by atoms with Crippen molar-refractivity contribution in [2.75, 3.05) is 0 Å². The zero-order chi connectivity index (χ0) is 20.1. The normalized spacial score (nSPS) is 12.0. The van der Waals surface area contributed by atoms with E-state index in [9.17, 15) is 14.5 Å². The van der Waals surface area contributed by atoms with Gasteiger partial charge in [0.1, 0.15) is 0 Å². The van der Waals surface area contributed by atoms with E-state index in [1.165, 1.54) is 0 Å². The Morgan fingerprint density at radius 1 is 1.18 bits per heavy atom. The molecule has 0 aliphatic carbocycles. The SMILES string of the molecule is CCc1c(C(C=O)N=O)c2c(CCC(=O)O)cccc2n1Cc1ccccc1. The molecule has 0 radical (unpaired) electrons. The minimum absolute atomic E-state index is 0.0237. The second kappa shape index (κ2) is 8.61. The van der Waals surface area contributed by atoms with E-state index in [2.05, 4.69) is 9.74 Å². The molecular weight excluding hydrogens is 356 g/mol. The van der Waals surface area contributed by atoms with Gasteiger partial charge in [-0.05, 0) is 30.0 Å². The van der Waals surface area contributed by atoms with E-state index in [1.807, 2.05) is 55.5 Å². The second-order valence-electron chi connectivity index (χ2n) is 6.68. The van der Waals surface area contributed by atoms with Gasteiger partial charge in [0.2, 0.25) is 0 Å². The molecule has 0 aliphatic rings. The van der Waals surface area contributed by atoms with Crippen molar-refractivity contribution in [3.05, 3.63) is 75.8 Å². The number of aldehydes is 1. The molecule has 1 unspecified atom stereocenters. The van der Waals surface area contributed by atoms with Gasteiger partial charge in [-0.2, -0.15) is 0 Å². The molecule has 28 heavy (non-hydrogen) atoms. The lowest BCUT2D eigenvalue weighted by atomic mass is 9.97. The molecule has 0 fully saturated rings. The Morgan fingerprint density at radius 3 is 2.54 bits per heavy atom. The monoisotopic (exact) mass is 378 g/mol. The summed E-state index contributed by atoms with van der Waals surface area (Å²) >= 11 is 0. The first-order valence-electron chi connectivity index (χ1n) is 9.27. The number of nitroso groups, excluding NO2 is 1. The van der Waals surface area contributed by atoms with Crippen molar-refractivity contribution < 1.29 is 14.7 Å². The number of benzene rings is 2. The van der Waals surface area contributed by atoms with E-state index in [0.29, 0.717) is 31.2 Å². The summed E-state index contributed by atoms with van der Waals surface area (Å²) in [5, 5.41) is 12.9. The quantitative estimate of drug-likeness (QED) is 0.445. The van der Waals surface area contributed by atoms with Crippen LogP contribution in [0.2, 0.25) is 0 Å². The molecule has 1 atom stereocenters. The number of fused-ring (bicyclic) bond motifs is 1. The Morgan fingerprint density at radius 2 is 1.93 bits per heavy atom. The number of aliphatic carboxylic acids is 1. The van der Waals surface area contributed by atoms with Crippen molar-refractivity contribution in [1.29, 1.82) is 0 Å². The zero-order valence-electron chi connectivity index (χ0n) is 15.7. The standard InChI is InChI=1S/C22H22N2O4/c1-2-18-22(17(14-25)23-28)21-16(11-12-20(26)27)9-6-10-19(21)24(18)13-15-7-4-3-5-8-15/h3-10,14,17H,2,11-13H2,1H3,(H,26,27). The van der Waals surface area contributed by atoms with Crippen molar-refractivity contribution in [3.63, 3.8) is 0 Å². The van der Waals surface area contributed by atoms with Crippen molar-refractivity contribution in [2.45, 2.75) is 38.8 Å². The highest BCUT2D eigenvalue weighted by atomic mass is 16.4. The first kappa shape index (κ1) is 19.5. The minimum atomic E-state index is -1.11. The van der Waals surface area contributed by atoms with Crippen molar-refractivity contribution in [1.82, 2.24) is 4.57 Å². The zero-order valence-corrected chi connectivity index (χ0v) is 15.7. The molecule has 0 spiro atoms. The number of nitrogens with zero attached hydrogens (tertiary/aromatic N) is 2. The maximum Gasteiger partial charge on any atom is 0.303 e. The van der Waals surface area contributed by atoms with Gasteiger partial charge < -0.3 is 14.5 Å². The summed E-state index contributed by atoms with van der Waals surface area (Å²) < 4.78 is 2.10. The molecule has 144 valence electrons. The highest BCUT2D eigenvalue weighted by molar-refractivity contribution is 5.92. The fourth-order valence-corrected chi connectivity index (χ4v) is 3.80. The summed E-state index contributed by atoms with van der Waals surface area (Å²) in [6.45, 7) is 2.57.